The van der Waals surface area contributed by atoms with Gasteiger partial charge in [-0.05, 0) is 71.8 Å². The largest absolute Gasteiger partial charge is 0.324 e. The highest BCUT2D eigenvalue weighted by molar-refractivity contribution is 9.10. The fourth-order valence-corrected chi connectivity index (χ4v) is 6.36. The van der Waals surface area contributed by atoms with E-state index in [2.05, 4.69) is 27.8 Å². The highest BCUT2D eigenvalue weighted by Crippen LogP contribution is 2.34. The Morgan fingerprint density at radius 1 is 1.40 bits per heavy atom. The second-order valence-electron chi connectivity index (χ2n) is 7.31. The van der Waals surface area contributed by atoms with E-state index in [1.807, 2.05) is 25.1 Å². The van der Waals surface area contributed by atoms with Gasteiger partial charge in [-0.15, -0.1) is 17.9 Å². The Bertz CT molecular complexity index is 1200. The van der Waals surface area contributed by atoms with Crippen LogP contribution in [0.2, 0.25) is 0 Å². The number of hydrogen-bond acceptors (Lipinski definition) is 5. The number of thiophene rings is 1. The van der Waals surface area contributed by atoms with E-state index in [0.717, 1.165) is 51.6 Å². The lowest BCUT2D eigenvalue weighted by molar-refractivity contribution is -0.113. The summed E-state index contributed by atoms with van der Waals surface area (Å²) < 4.78 is 2.48. The smallest absolute Gasteiger partial charge is 0.263 e. The molecule has 30 heavy (non-hydrogen) atoms. The summed E-state index contributed by atoms with van der Waals surface area (Å²) in [5.41, 5.74) is 2.99. The van der Waals surface area contributed by atoms with E-state index in [1.165, 1.54) is 22.2 Å². The van der Waals surface area contributed by atoms with E-state index in [4.69, 9.17) is 4.98 Å². The normalized spacial score (nSPS) is 13.3. The molecule has 0 aliphatic heterocycles. The number of anilines is 1. The number of halogens is 1. The molecule has 3 aromatic rings. The monoisotopic (exact) mass is 503 g/mol. The summed E-state index contributed by atoms with van der Waals surface area (Å²) in [7, 11) is 0. The van der Waals surface area contributed by atoms with Crippen molar-refractivity contribution in [2.24, 2.45) is 0 Å². The Labute approximate surface area is 191 Å². The van der Waals surface area contributed by atoms with E-state index >= 15 is 0 Å². The molecule has 0 spiro atoms. The van der Waals surface area contributed by atoms with Gasteiger partial charge in [0, 0.05) is 15.9 Å². The van der Waals surface area contributed by atoms with Crippen molar-refractivity contribution < 1.29 is 4.79 Å². The molecule has 156 valence electrons. The summed E-state index contributed by atoms with van der Waals surface area (Å²) in [5, 5.41) is 4.23. The molecule has 8 heteroatoms. The maximum absolute atomic E-state index is 13.2. The number of carbonyl (C=O) groups excluding carboxylic acids is 1. The Morgan fingerprint density at radius 2 is 2.20 bits per heavy atom. The van der Waals surface area contributed by atoms with Gasteiger partial charge < -0.3 is 5.32 Å². The topological polar surface area (TPSA) is 64.0 Å². The number of benzene rings is 1. The molecule has 2 aromatic heterocycles. The third-order valence-corrected chi connectivity index (χ3v) is 7.90. The predicted molar refractivity (Wildman–Crippen MR) is 129 cm³/mol. The molecule has 0 atom stereocenters. The van der Waals surface area contributed by atoms with Crippen LogP contribution in [0.4, 0.5) is 5.69 Å². The summed E-state index contributed by atoms with van der Waals surface area (Å²) in [6, 6.07) is 5.78. The van der Waals surface area contributed by atoms with E-state index < -0.39 is 0 Å². The first-order chi connectivity index (χ1) is 14.5. The number of rotatable bonds is 6. The van der Waals surface area contributed by atoms with Crippen molar-refractivity contribution >= 4 is 60.8 Å². The molecule has 0 unspecified atom stereocenters. The second kappa shape index (κ2) is 9.08. The van der Waals surface area contributed by atoms with Crippen LogP contribution in [0.3, 0.4) is 0 Å². The minimum absolute atomic E-state index is 0.0245. The van der Waals surface area contributed by atoms with Crippen molar-refractivity contribution in [2.45, 2.75) is 44.3 Å². The Hall–Kier alpha value is -1.90. The van der Waals surface area contributed by atoms with Crippen LogP contribution in [0.1, 0.15) is 28.8 Å². The number of nitrogens with zero attached hydrogens (tertiary/aromatic N) is 2. The number of fused-ring (bicyclic) bond motifs is 3. The first kappa shape index (κ1) is 21.3. The van der Waals surface area contributed by atoms with Crippen LogP contribution in [0.25, 0.3) is 10.2 Å². The fraction of sp³-hybridized carbons (Fsp3) is 0.318. The second-order valence-corrected chi connectivity index (χ2v) is 10.2. The van der Waals surface area contributed by atoms with Gasteiger partial charge in [-0.1, -0.05) is 23.9 Å². The van der Waals surface area contributed by atoms with Crippen molar-refractivity contribution in [2.75, 3.05) is 11.1 Å². The molecule has 1 N–H and O–H groups in total. The van der Waals surface area contributed by atoms with Gasteiger partial charge in [-0.2, -0.15) is 0 Å². The molecule has 1 aliphatic carbocycles. The Balaban J connectivity index is 1.60. The number of nitrogens with one attached hydrogen (secondary N) is 1. The van der Waals surface area contributed by atoms with Gasteiger partial charge in [-0.25, -0.2) is 4.98 Å². The number of hydrogen-bond donors (Lipinski definition) is 1. The maximum Gasteiger partial charge on any atom is 0.263 e. The van der Waals surface area contributed by atoms with Crippen LogP contribution in [-0.4, -0.2) is 21.2 Å². The Kier molecular flexibility index (Phi) is 6.46. The van der Waals surface area contributed by atoms with Gasteiger partial charge in [0.15, 0.2) is 5.16 Å². The average Bonchev–Trinajstić information content (AvgIpc) is 3.09. The lowest BCUT2D eigenvalue weighted by Crippen LogP contribution is -2.24. The van der Waals surface area contributed by atoms with Crippen LogP contribution in [0, 0.1) is 6.92 Å². The van der Waals surface area contributed by atoms with Crippen molar-refractivity contribution in [1.82, 2.24) is 9.55 Å². The van der Waals surface area contributed by atoms with Crippen LogP contribution in [0.15, 0.2) is 45.3 Å². The molecule has 1 amide bonds. The quantitative estimate of drug-likeness (QED) is 0.280. The molecule has 0 fully saturated rings. The van der Waals surface area contributed by atoms with Crippen LogP contribution < -0.4 is 10.9 Å². The Morgan fingerprint density at radius 3 is 2.97 bits per heavy atom. The van der Waals surface area contributed by atoms with Crippen LogP contribution in [-0.2, 0) is 24.2 Å². The highest BCUT2D eigenvalue weighted by Gasteiger charge is 2.22. The zero-order valence-electron chi connectivity index (χ0n) is 16.7. The first-order valence-corrected chi connectivity index (χ1v) is 12.4. The van der Waals surface area contributed by atoms with E-state index in [-0.39, 0.29) is 17.2 Å². The molecular formula is C22H22BrN3O2S2. The lowest BCUT2D eigenvalue weighted by atomic mass is 9.97. The predicted octanol–water partition coefficient (Wildman–Crippen LogP) is 5.32. The first-order valence-electron chi connectivity index (χ1n) is 9.82. The fourth-order valence-electron chi connectivity index (χ4n) is 3.66. The summed E-state index contributed by atoms with van der Waals surface area (Å²) in [6.07, 6.45) is 5.94. The molecule has 2 heterocycles. The van der Waals surface area contributed by atoms with Crippen molar-refractivity contribution in [3.05, 3.63) is 61.7 Å². The number of aryl methyl sites for hydroxylation is 3. The number of allylic oxidation sites excluding steroid dienone is 1. The average molecular weight is 504 g/mol. The number of thioether (sulfide) groups is 1. The molecule has 1 aromatic carbocycles. The van der Waals surface area contributed by atoms with Crippen molar-refractivity contribution in [3.8, 4) is 0 Å². The van der Waals surface area contributed by atoms with Crippen LogP contribution in [0.5, 0.6) is 0 Å². The highest BCUT2D eigenvalue weighted by atomic mass is 79.9. The molecule has 4 rings (SSSR count). The van der Waals surface area contributed by atoms with E-state index in [1.54, 1.807) is 22.0 Å². The maximum atomic E-state index is 13.2. The SMILES string of the molecule is C=CCn1c(SCC(=O)Nc2ccc(C)cc2Br)nc2sc3c(c2c1=O)CCCC3. The summed E-state index contributed by atoms with van der Waals surface area (Å²) >= 11 is 6.39. The number of amides is 1. The summed E-state index contributed by atoms with van der Waals surface area (Å²) in [5.74, 6) is 0.0232. The van der Waals surface area contributed by atoms with Crippen molar-refractivity contribution in [1.29, 1.82) is 0 Å². The molecule has 5 nitrogen and oxygen atoms in total. The number of carbonyl (C=O) groups is 1. The minimum Gasteiger partial charge on any atom is -0.324 e. The van der Waals surface area contributed by atoms with Gasteiger partial charge >= 0.3 is 0 Å². The summed E-state index contributed by atoms with van der Waals surface area (Å²) in [6.45, 7) is 6.15. The standard InChI is InChI=1S/C22H22BrN3O2S2/c1-3-10-26-21(28)19-14-6-4-5-7-17(14)30-20(19)25-22(26)29-12-18(27)24-16-9-8-13(2)11-15(16)23/h3,8-9,11H,1,4-7,10,12H2,2H3,(H,24,27). The third-order valence-electron chi connectivity index (χ3n) is 5.08. The third kappa shape index (κ3) is 4.26. The van der Waals surface area contributed by atoms with Gasteiger partial charge in [0.05, 0.1) is 16.8 Å². The minimum atomic E-state index is -0.144. The number of aromatic nitrogens is 2. The van der Waals surface area contributed by atoms with Crippen LogP contribution >= 0.6 is 39.0 Å². The molecule has 0 saturated heterocycles. The van der Waals surface area contributed by atoms with Gasteiger partial charge in [0.1, 0.15) is 4.83 Å². The zero-order valence-corrected chi connectivity index (χ0v) is 19.9. The van der Waals surface area contributed by atoms with E-state index in [0.29, 0.717) is 11.7 Å². The zero-order chi connectivity index (χ0) is 21.3. The lowest BCUT2D eigenvalue weighted by Gasteiger charge is -2.12. The molecule has 1 aliphatic rings. The summed E-state index contributed by atoms with van der Waals surface area (Å²) in [4.78, 5) is 32.6. The van der Waals surface area contributed by atoms with Gasteiger partial charge in [-0.3, -0.25) is 14.2 Å². The molecule has 0 radical (unpaired) electrons. The molecule has 0 saturated carbocycles. The van der Waals surface area contributed by atoms with Gasteiger partial charge in [0.25, 0.3) is 5.56 Å². The van der Waals surface area contributed by atoms with Gasteiger partial charge in [0.2, 0.25) is 5.91 Å². The molecular weight excluding hydrogens is 482 g/mol. The van der Waals surface area contributed by atoms with E-state index in [9.17, 15) is 9.59 Å². The molecule has 0 bridgehead atoms. The van der Waals surface area contributed by atoms with Crippen molar-refractivity contribution in [3.63, 3.8) is 0 Å².